The molecule has 3 rings (SSSR count). The molecular weight excluding hydrogens is 383 g/mol. The number of carbonyl (C=O) groups is 2. The fourth-order valence-electron chi connectivity index (χ4n) is 3.38. The lowest BCUT2D eigenvalue weighted by molar-refractivity contribution is -0.114. The van der Waals surface area contributed by atoms with Gasteiger partial charge in [0.2, 0.25) is 5.91 Å². The van der Waals surface area contributed by atoms with Gasteiger partial charge in [-0.25, -0.2) is 4.39 Å². The van der Waals surface area contributed by atoms with E-state index in [1.807, 2.05) is 0 Å². The topological polar surface area (TPSA) is 69.6 Å². The molecule has 1 aliphatic rings. The van der Waals surface area contributed by atoms with E-state index in [0.717, 1.165) is 12.0 Å². The van der Waals surface area contributed by atoms with Crippen molar-refractivity contribution in [3.8, 4) is 0 Å². The van der Waals surface area contributed by atoms with E-state index in [1.54, 1.807) is 23.1 Å². The summed E-state index contributed by atoms with van der Waals surface area (Å²) in [5, 5.41) is 12.4. The van der Waals surface area contributed by atoms with Gasteiger partial charge >= 0.3 is 0 Å². The number of amides is 2. The van der Waals surface area contributed by atoms with Crippen LogP contribution in [0.25, 0.3) is 0 Å². The SMILES string of the molecule is C=CC(=O)N1CCCc2c(C(=O)NC(CO)c3ccc(F)c(Cl)c3)cccc21. The summed E-state index contributed by atoms with van der Waals surface area (Å²) in [5.74, 6) is -1.17. The zero-order valence-electron chi connectivity index (χ0n) is 15.1. The number of fused-ring (bicyclic) bond motifs is 1. The molecule has 0 radical (unpaired) electrons. The number of halogens is 2. The lowest BCUT2D eigenvalue weighted by Gasteiger charge is -2.30. The Bertz CT molecular complexity index is 932. The first-order valence-corrected chi connectivity index (χ1v) is 9.26. The molecule has 1 unspecified atom stereocenters. The highest BCUT2D eigenvalue weighted by Gasteiger charge is 2.26. The summed E-state index contributed by atoms with van der Waals surface area (Å²) in [7, 11) is 0. The molecule has 0 saturated carbocycles. The van der Waals surface area contributed by atoms with Crippen molar-refractivity contribution in [3.05, 3.63) is 76.6 Å². The Labute approximate surface area is 167 Å². The van der Waals surface area contributed by atoms with Crippen molar-refractivity contribution in [3.63, 3.8) is 0 Å². The lowest BCUT2D eigenvalue weighted by Crippen LogP contribution is -2.36. The molecular formula is C21H20ClFN2O3. The van der Waals surface area contributed by atoms with Gasteiger partial charge in [0.15, 0.2) is 0 Å². The van der Waals surface area contributed by atoms with Crippen LogP contribution >= 0.6 is 11.6 Å². The van der Waals surface area contributed by atoms with Crippen molar-refractivity contribution >= 4 is 29.1 Å². The lowest BCUT2D eigenvalue weighted by atomic mass is 9.95. The summed E-state index contributed by atoms with van der Waals surface area (Å²) >= 11 is 5.81. The summed E-state index contributed by atoms with van der Waals surface area (Å²) < 4.78 is 13.4. The Kier molecular flexibility index (Phi) is 6.11. The molecule has 7 heteroatoms. The van der Waals surface area contributed by atoms with Crippen LogP contribution in [0.4, 0.5) is 10.1 Å². The van der Waals surface area contributed by atoms with Gasteiger partial charge in [0.25, 0.3) is 5.91 Å². The zero-order chi connectivity index (χ0) is 20.3. The Hall–Kier alpha value is -2.70. The van der Waals surface area contributed by atoms with Crippen molar-refractivity contribution in [1.29, 1.82) is 0 Å². The molecule has 2 aromatic rings. The molecule has 0 aliphatic carbocycles. The van der Waals surface area contributed by atoms with Crippen LogP contribution in [0.3, 0.4) is 0 Å². The number of benzene rings is 2. The molecule has 0 spiro atoms. The van der Waals surface area contributed by atoms with E-state index in [0.29, 0.717) is 29.8 Å². The Morgan fingerprint density at radius 1 is 1.36 bits per heavy atom. The quantitative estimate of drug-likeness (QED) is 0.753. The molecule has 146 valence electrons. The largest absolute Gasteiger partial charge is 0.394 e. The molecule has 0 aromatic heterocycles. The average Bonchev–Trinajstić information content (AvgIpc) is 2.72. The molecule has 2 N–H and O–H groups in total. The number of hydrogen-bond donors (Lipinski definition) is 2. The first-order chi connectivity index (χ1) is 13.5. The molecule has 5 nitrogen and oxygen atoms in total. The van der Waals surface area contributed by atoms with Gasteiger partial charge in [-0.3, -0.25) is 9.59 Å². The summed E-state index contributed by atoms with van der Waals surface area (Å²) in [6, 6.07) is 8.49. The third kappa shape index (κ3) is 3.93. The smallest absolute Gasteiger partial charge is 0.252 e. The van der Waals surface area contributed by atoms with Crippen LogP contribution in [-0.4, -0.2) is 30.1 Å². The number of aliphatic hydroxyl groups excluding tert-OH is 1. The van der Waals surface area contributed by atoms with Crippen LogP contribution in [0.2, 0.25) is 5.02 Å². The zero-order valence-corrected chi connectivity index (χ0v) is 15.9. The number of nitrogens with one attached hydrogen (secondary N) is 1. The average molecular weight is 403 g/mol. The number of anilines is 1. The fourth-order valence-corrected chi connectivity index (χ4v) is 3.56. The summed E-state index contributed by atoms with van der Waals surface area (Å²) in [6.45, 7) is 3.72. The Balaban J connectivity index is 1.89. The molecule has 0 bridgehead atoms. The van der Waals surface area contributed by atoms with Gasteiger partial charge in [0.1, 0.15) is 5.82 Å². The minimum absolute atomic E-state index is 0.0825. The second-order valence-electron chi connectivity index (χ2n) is 6.48. The maximum atomic E-state index is 13.4. The molecule has 1 heterocycles. The molecule has 28 heavy (non-hydrogen) atoms. The second-order valence-corrected chi connectivity index (χ2v) is 6.89. The number of nitrogens with zero attached hydrogens (tertiary/aromatic N) is 1. The van der Waals surface area contributed by atoms with Crippen LogP contribution in [0.5, 0.6) is 0 Å². The van der Waals surface area contributed by atoms with E-state index in [9.17, 15) is 19.1 Å². The molecule has 0 fully saturated rings. The highest BCUT2D eigenvalue weighted by Crippen LogP contribution is 2.30. The highest BCUT2D eigenvalue weighted by atomic mass is 35.5. The van der Waals surface area contributed by atoms with Gasteiger partial charge in [-0.15, -0.1) is 0 Å². The van der Waals surface area contributed by atoms with E-state index < -0.39 is 11.9 Å². The first-order valence-electron chi connectivity index (χ1n) is 8.88. The predicted molar refractivity (Wildman–Crippen MR) is 106 cm³/mol. The minimum atomic E-state index is -0.740. The van der Waals surface area contributed by atoms with E-state index in [-0.39, 0.29) is 23.4 Å². The maximum Gasteiger partial charge on any atom is 0.252 e. The Morgan fingerprint density at radius 2 is 2.14 bits per heavy atom. The maximum absolute atomic E-state index is 13.4. The highest BCUT2D eigenvalue weighted by molar-refractivity contribution is 6.30. The summed E-state index contributed by atoms with van der Waals surface area (Å²) in [6.07, 6.45) is 2.64. The van der Waals surface area contributed by atoms with Crippen LogP contribution < -0.4 is 10.2 Å². The standard InChI is InChI=1S/C21H20ClFN2O3/c1-2-20(27)25-10-4-6-14-15(5-3-7-19(14)25)21(28)24-18(12-26)13-8-9-17(23)16(22)11-13/h2-3,5,7-9,11,18,26H,1,4,6,10,12H2,(H,24,28). The van der Waals surface area contributed by atoms with E-state index in [4.69, 9.17) is 11.6 Å². The third-order valence-electron chi connectivity index (χ3n) is 4.77. The number of aliphatic hydroxyl groups is 1. The molecule has 1 atom stereocenters. The van der Waals surface area contributed by atoms with Crippen molar-refractivity contribution in [2.45, 2.75) is 18.9 Å². The third-order valence-corrected chi connectivity index (χ3v) is 5.06. The molecule has 0 saturated heterocycles. The van der Waals surface area contributed by atoms with Gasteiger partial charge < -0.3 is 15.3 Å². The van der Waals surface area contributed by atoms with Crippen molar-refractivity contribution < 1.29 is 19.1 Å². The molecule has 2 amide bonds. The number of carbonyl (C=O) groups excluding carboxylic acids is 2. The van der Waals surface area contributed by atoms with E-state index in [2.05, 4.69) is 11.9 Å². The monoisotopic (exact) mass is 402 g/mol. The first kappa shape index (κ1) is 20.0. The summed E-state index contributed by atoms with van der Waals surface area (Å²) in [5.41, 5.74) is 2.39. The van der Waals surface area contributed by atoms with Crippen LogP contribution in [0.15, 0.2) is 49.1 Å². The van der Waals surface area contributed by atoms with Crippen LogP contribution in [-0.2, 0) is 11.2 Å². The van der Waals surface area contributed by atoms with Crippen LogP contribution in [0.1, 0.15) is 33.9 Å². The number of hydrogen-bond acceptors (Lipinski definition) is 3. The number of rotatable bonds is 5. The van der Waals surface area contributed by atoms with Crippen molar-refractivity contribution in [2.24, 2.45) is 0 Å². The van der Waals surface area contributed by atoms with Gasteiger partial charge in [0.05, 0.1) is 17.7 Å². The van der Waals surface area contributed by atoms with Gasteiger partial charge in [-0.2, -0.15) is 0 Å². The van der Waals surface area contributed by atoms with Crippen molar-refractivity contribution in [1.82, 2.24) is 5.32 Å². The predicted octanol–water partition coefficient (Wildman–Crippen LogP) is 3.41. The minimum Gasteiger partial charge on any atom is -0.394 e. The van der Waals surface area contributed by atoms with Crippen LogP contribution in [0, 0.1) is 5.82 Å². The van der Waals surface area contributed by atoms with Crippen molar-refractivity contribution in [2.75, 3.05) is 18.1 Å². The molecule has 1 aliphatic heterocycles. The van der Waals surface area contributed by atoms with Gasteiger partial charge in [-0.1, -0.05) is 30.3 Å². The Morgan fingerprint density at radius 3 is 2.82 bits per heavy atom. The summed E-state index contributed by atoms with van der Waals surface area (Å²) in [4.78, 5) is 26.6. The normalized spacial score (nSPS) is 14.2. The second kappa shape index (κ2) is 8.54. The van der Waals surface area contributed by atoms with Gasteiger partial charge in [-0.05, 0) is 54.3 Å². The van der Waals surface area contributed by atoms with E-state index in [1.165, 1.54) is 24.3 Å². The fraction of sp³-hybridized carbons (Fsp3) is 0.238. The van der Waals surface area contributed by atoms with Gasteiger partial charge in [0, 0.05) is 17.8 Å². The van der Waals surface area contributed by atoms with E-state index >= 15 is 0 Å². The molecule has 2 aromatic carbocycles.